The van der Waals surface area contributed by atoms with Crippen LogP contribution in [0.2, 0.25) is 0 Å². The minimum atomic E-state index is -0.398. The lowest BCUT2D eigenvalue weighted by molar-refractivity contribution is -0.00250. The second-order valence-electron chi connectivity index (χ2n) is 6.12. The van der Waals surface area contributed by atoms with Gasteiger partial charge in [0.2, 0.25) is 0 Å². The summed E-state index contributed by atoms with van der Waals surface area (Å²) in [6.07, 6.45) is 4.38. The summed E-state index contributed by atoms with van der Waals surface area (Å²) in [5.74, 6) is 0. The van der Waals surface area contributed by atoms with Crippen LogP contribution in [0, 0.1) is 0 Å². The number of piperidine rings is 1. The molecule has 0 spiro atoms. The number of nitrogens with one attached hydrogen (secondary N) is 1. The molecular formula is C13H24N2O2. The Morgan fingerprint density at radius 2 is 1.94 bits per heavy atom. The van der Waals surface area contributed by atoms with Crippen LogP contribution in [0.5, 0.6) is 0 Å². The minimum absolute atomic E-state index is 0.129. The smallest absolute Gasteiger partial charge is 0.410 e. The first kappa shape index (κ1) is 12.7. The first-order valence-corrected chi connectivity index (χ1v) is 6.69. The molecule has 2 unspecified atom stereocenters. The first-order valence-electron chi connectivity index (χ1n) is 6.69. The highest BCUT2D eigenvalue weighted by Crippen LogP contribution is 2.28. The molecule has 0 aromatic carbocycles. The van der Waals surface area contributed by atoms with Crippen molar-refractivity contribution < 1.29 is 9.53 Å². The third-order valence-corrected chi connectivity index (χ3v) is 3.50. The molecule has 2 saturated heterocycles. The molecule has 4 nitrogen and oxygen atoms in total. The summed E-state index contributed by atoms with van der Waals surface area (Å²) in [7, 11) is 0. The van der Waals surface area contributed by atoms with E-state index in [1.807, 2.05) is 25.7 Å². The van der Waals surface area contributed by atoms with Crippen LogP contribution >= 0.6 is 0 Å². The van der Waals surface area contributed by atoms with Crippen LogP contribution in [0.15, 0.2) is 0 Å². The van der Waals surface area contributed by atoms with Crippen LogP contribution in [0.4, 0.5) is 4.79 Å². The van der Waals surface area contributed by atoms with Gasteiger partial charge in [0.1, 0.15) is 5.60 Å². The lowest BCUT2D eigenvalue weighted by atomic mass is 9.95. The Bertz CT molecular complexity index is 272. The lowest BCUT2D eigenvalue weighted by Crippen LogP contribution is -2.52. The highest BCUT2D eigenvalue weighted by molar-refractivity contribution is 5.69. The average Bonchev–Trinajstić information content (AvgIpc) is 2.32. The molecule has 2 aliphatic rings. The van der Waals surface area contributed by atoms with E-state index in [0.29, 0.717) is 12.1 Å². The molecule has 2 fully saturated rings. The topological polar surface area (TPSA) is 41.6 Å². The number of ether oxygens (including phenoxy) is 1. The molecule has 2 heterocycles. The van der Waals surface area contributed by atoms with Crippen LogP contribution < -0.4 is 5.32 Å². The van der Waals surface area contributed by atoms with Gasteiger partial charge in [-0.1, -0.05) is 0 Å². The average molecular weight is 240 g/mol. The number of carbonyl (C=O) groups excluding carboxylic acids is 1. The standard InChI is InChI=1S/C13H24N2O2/c1-13(2,3)17-12(16)15-10-5-4-6-11(15)9-14-8-7-10/h10-11,14H,4-9H2,1-3H3. The van der Waals surface area contributed by atoms with Crippen molar-refractivity contribution in [2.75, 3.05) is 13.1 Å². The Morgan fingerprint density at radius 1 is 1.24 bits per heavy atom. The van der Waals surface area contributed by atoms with Crippen LogP contribution in [0.25, 0.3) is 0 Å². The Balaban J connectivity index is 2.08. The predicted octanol–water partition coefficient (Wildman–Crippen LogP) is 2.14. The van der Waals surface area contributed by atoms with Crippen LogP contribution in [0.3, 0.4) is 0 Å². The molecule has 2 bridgehead atoms. The molecule has 1 N–H and O–H groups in total. The van der Waals surface area contributed by atoms with Gasteiger partial charge in [-0.05, 0) is 53.0 Å². The zero-order valence-electron chi connectivity index (χ0n) is 11.2. The van der Waals surface area contributed by atoms with Crippen molar-refractivity contribution in [3.63, 3.8) is 0 Å². The highest BCUT2D eigenvalue weighted by atomic mass is 16.6. The number of rotatable bonds is 0. The van der Waals surface area contributed by atoms with Crippen molar-refractivity contribution in [2.24, 2.45) is 0 Å². The van der Waals surface area contributed by atoms with E-state index >= 15 is 0 Å². The number of carbonyl (C=O) groups is 1. The molecule has 0 radical (unpaired) electrons. The lowest BCUT2D eigenvalue weighted by Gasteiger charge is -2.40. The number of hydrogen-bond donors (Lipinski definition) is 1. The fourth-order valence-electron chi connectivity index (χ4n) is 2.80. The Morgan fingerprint density at radius 3 is 2.65 bits per heavy atom. The van der Waals surface area contributed by atoms with E-state index in [4.69, 9.17) is 4.74 Å². The van der Waals surface area contributed by atoms with E-state index in [-0.39, 0.29) is 6.09 Å². The number of fused-ring (bicyclic) bond motifs is 2. The summed E-state index contributed by atoms with van der Waals surface area (Å²) in [5, 5.41) is 3.42. The summed E-state index contributed by atoms with van der Waals surface area (Å²) in [6.45, 7) is 7.71. The second-order valence-corrected chi connectivity index (χ2v) is 6.12. The first-order chi connectivity index (χ1) is 7.97. The van der Waals surface area contributed by atoms with E-state index < -0.39 is 5.60 Å². The van der Waals surface area contributed by atoms with E-state index in [2.05, 4.69) is 5.32 Å². The van der Waals surface area contributed by atoms with Gasteiger partial charge in [-0.25, -0.2) is 4.79 Å². The van der Waals surface area contributed by atoms with Crippen molar-refractivity contribution in [2.45, 2.75) is 64.1 Å². The second kappa shape index (κ2) is 4.84. The van der Waals surface area contributed by atoms with Gasteiger partial charge in [-0.15, -0.1) is 0 Å². The van der Waals surface area contributed by atoms with Crippen molar-refractivity contribution in [1.29, 1.82) is 0 Å². The van der Waals surface area contributed by atoms with Gasteiger partial charge in [0.15, 0.2) is 0 Å². The summed E-state index contributed by atoms with van der Waals surface area (Å²) in [6, 6.07) is 0.699. The van der Waals surface area contributed by atoms with Crippen LogP contribution in [-0.2, 0) is 4.74 Å². The molecule has 17 heavy (non-hydrogen) atoms. The van der Waals surface area contributed by atoms with Crippen molar-refractivity contribution in [3.8, 4) is 0 Å². The van der Waals surface area contributed by atoms with Gasteiger partial charge in [0, 0.05) is 18.6 Å². The van der Waals surface area contributed by atoms with Crippen molar-refractivity contribution >= 4 is 6.09 Å². The predicted molar refractivity (Wildman–Crippen MR) is 67.0 cm³/mol. The molecule has 2 rings (SSSR count). The summed E-state index contributed by atoms with van der Waals surface area (Å²) >= 11 is 0. The Labute approximate surface area is 104 Å². The van der Waals surface area contributed by atoms with Crippen LogP contribution in [-0.4, -0.2) is 41.8 Å². The molecule has 2 atom stereocenters. The Kier molecular flexibility index (Phi) is 3.61. The van der Waals surface area contributed by atoms with Gasteiger partial charge < -0.3 is 15.0 Å². The van der Waals surface area contributed by atoms with E-state index in [1.54, 1.807) is 0 Å². The fourth-order valence-corrected chi connectivity index (χ4v) is 2.80. The molecule has 4 heteroatoms. The zero-order valence-corrected chi connectivity index (χ0v) is 11.2. The van der Waals surface area contributed by atoms with Crippen molar-refractivity contribution in [3.05, 3.63) is 0 Å². The number of nitrogens with zero attached hydrogens (tertiary/aromatic N) is 1. The quantitative estimate of drug-likeness (QED) is 0.705. The van der Waals surface area contributed by atoms with Gasteiger partial charge in [0.05, 0.1) is 0 Å². The maximum Gasteiger partial charge on any atom is 0.410 e. The fraction of sp³-hybridized carbons (Fsp3) is 0.923. The Hall–Kier alpha value is -0.770. The van der Waals surface area contributed by atoms with Crippen molar-refractivity contribution in [1.82, 2.24) is 10.2 Å². The maximum atomic E-state index is 12.3. The molecule has 0 saturated carbocycles. The molecule has 0 aliphatic carbocycles. The van der Waals surface area contributed by atoms with Gasteiger partial charge in [0.25, 0.3) is 0 Å². The number of hydrogen-bond acceptors (Lipinski definition) is 3. The normalized spacial score (nSPS) is 29.7. The van der Waals surface area contributed by atoms with E-state index in [0.717, 1.165) is 32.4 Å². The third kappa shape index (κ3) is 3.12. The molecule has 0 aromatic rings. The zero-order chi connectivity index (χ0) is 12.5. The maximum absolute atomic E-state index is 12.3. The van der Waals surface area contributed by atoms with Crippen LogP contribution in [0.1, 0.15) is 46.5 Å². The monoisotopic (exact) mass is 240 g/mol. The molecule has 98 valence electrons. The van der Waals surface area contributed by atoms with E-state index in [9.17, 15) is 4.79 Å². The summed E-state index contributed by atoms with van der Waals surface area (Å²) in [5.41, 5.74) is -0.398. The third-order valence-electron chi connectivity index (χ3n) is 3.50. The molecular weight excluding hydrogens is 216 g/mol. The largest absolute Gasteiger partial charge is 0.444 e. The summed E-state index contributed by atoms with van der Waals surface area (Å²) in [4.78, 5) is 14.3. The van der Waals surface area contributed by atoms with Gasteiger partial charge in [-0.2, -0.15) is 0 Å². The summed E-state index contributed by atoms with van der Waals surface area (Å²) < 4.78 is 5.53. The molecule has 2 aliphatic heterocycles. The number of amides is 1. The van der Waals surface area contributed by atoms with Gasteiger partial charge >= 0.3 is 6.09 Å². The molecule has 0 aromatic heterocycles. The minimum Gasteiger partial charge on any atom is -0.444 e. The highest BCUT2D eigenvalue weighted by Gasteiger charge is 2.37. The SMILES string of the molecule is CC(C)(C)OC(=O)N1C2CCCC1CNCC2. The van der Waals surface area contributed by atoms with E-state index in [1.165, 1.54) is 6.42 Å². The molecule has 1 amide bonds. The van der Waals surface area contributed by atoms with Gasteiger partial charge in [-0.3, -0.25) is 0 Å².